The van der Waals surface area contributed by atoms with E-state index in [1.165, 1.54) is 5.41 Å². The van der Waals surface area contributed by atoms with E-state index in [0.29, 0.717) is 6.61 Å². The highest BCUT2D eigenvalue weighted by molar-refractivity contribution is 7.94. The van der Waals surface area contributed by atoms with Crippen LogP contribution in [0.3, 0.4) is 0 Å². The van der Waals surface area contributed by atoms with E-state index in [9.17, 15) is 8.42 Å². The Balaban J connectivity index is 2.37. The summed E-state index contributed by atoms with van der Waals surface area (Å²) in [5, 5.41) is 4.14. The van der Waals surface area contributed by atoms with Crippen LogP contribution in [0, 0.1) is 0 Å². The molecule has 1 unspecified atom stereocenters. The van der Waals surface area contributed by atoms with Crippen LogP contribution in [0.4, 0.5) is 0 Å². The van der Waals surface area contributed by atoms with E-state index >= 15 is 0 Å². The molecule has 0 amide bonds. The number of rotatable bonds is 3. The third kappa shape index (κ3) is 3.47. The fourth-order valence-corrected chi connectivity index (χ4v) is 2.45. The summed E-state index contributed by atoms with van der Waals surface area (Å²) in [5.74, 6) is 0.0323. The van der Waals surface area contributed by atoms with Gasteiger partial charge in [-0.05, 0) is 18.3 Å². The lowest BCUT2D eigenvalue weighted by molar-refractivity contribution is 0.340. The number of thiocarbonyl (C=S) groups is 1. The molecule has 1 aliphatic heterocycles. The van der Waals surface area contributed by atoms with Crippen LogP contribution in [0.1, 0.15) is 0 Å². The summed E-state index contributed by atoms with van der Waals surface area (Å²) in [4.78, 5) is 0. The molecule has 0 saturated heterocycles. The van der Waals surface area contributed by atoms with Crippen LogP contribution in [-0.2, 0) is 14.6 Å². The minimum absolute atomic E-state index is 0.0323. The minimum atomic E-state index is -3.04. The van der Waals surface area contributed by atoms with Gasteiger partial charge in [0.25, 0.3) is 5.17 Å². The summed E-state index contributed by atoms with van der Waals surface area (Å²) in [6, 6.07) is -0.280. The molecule has 1 aliphatic rings. The molecule has 0 fully saturated rings. The number of hydrogen-bond donors (Lipinski definition) is 1. The maximum atomic E-state index is 11.0. The van der Waals surface area contributed by atoms with Gasteiger partial charge < -0.3 is 10.1 Å². The van der Waals surface area contributed by atoms with Gasteiger partial charge in [0.2, 0.25) is 0 Å². The Morgan fingerprint density at radius 1 is 1.79 bits per heavy atom. The van der Waals surface area contributed by atoms with Crippen LogP contribution >= 0.6 is 12.2 Å². The highest BCUT2D eigenvalue weighted by atomic mass is 32.2. The molecule has 1 N–H and O–H groups in total. The van der Waals surface area contributed by atoms with Gasteiger partial charge in [-0.15, -0.1) is 0 Å². The summed E-state index contributed by atoms with van der Waals surface area (Å²) in [6.07, 6.45) is 3.12. The molecule has 0 aromatic carbocycles. The maximum absolute atomic E-state index is 11.0. The molecule has 0 saturated carbocycles. The highest BCUT2D eigenvalue weighted by Crippen LogP contribution is 2.07. The van der Waals surface area contributed by atoms with Gasteiger partial charge in [0.15, 0.2) is 9.84 Å². The number of ether oxygens (including phenoxy) is 1. The van der Waals surface area contributed by atoms with Crippen molar-refractivity contribution in [1.29, 1.82) is 0 Å². The summed E-state index contributed by atoms with van der Waals surface area (Å²) in [6.45, 7) is 3.78. The molecule has 0 radical (unpaired) electrons. The molecular formula is C8H11NO3S2. The van der Waals surface area contributed by atoms with E-state index in [4.69, 9.17) is 17.0 Å². The van der Waals surface area contributed by atoms with Crippen LogP contribution in [0.5, 0.6) is 0 Å². The van der Waals surface area contributed by atoms with E-state index in [0.717, 1.165) is 0 Å². The normalized spacial score (nSPS) is 23.0. The SMILES string of the molecule is C=CCOC(=S)NC1C=CS(=O)(=O)C1. The first-order valence-corrected chi connectivity index (χ1v) is 6.11. The molecule has 4 nitrogen and oxygen atoms in total. The highest BCUT2D eigenvalue weighted by Gasteiger charge is 2.22. The Labute approximate surface area is 88.6 Å². The van der Waals surface area contributed by atoms with Crippen molar-refractivity contribution in [2.24, 2.45) is 0 Å². The number of sulfone groups is 1. The van der Waals surface area contributed by atoms with Crippen molar-refractivity contribution in [3.05, 3.63) is 24.1 Å². The van der Waals surface area contributed by atoms with Gasteiger partial charge in [-0.25, -0.2) is 8.42 Å². The van der Waals surface area contributed by atoms with Crippen LogP contribution in [-0.4, -0.2) is 32.0 Å². The average molecular weight is 233 g/mol. The van der Waals surface area contributed by atoms with Gasteiger partial charge in [0.05, 0.1) is 11.8 Å². The monoisotopic (exact) mass is 233 g/mol. The molecule has 0 aromatic heterocycles. The Morgan fingerprint density at radius 2 is 2.50 bits per heavy atom. The van der Waals surface area contributed by atoms with Crippen LogP contribution in [0.2, 0.25) is 0 Å². The van der Waals surface area contributed by atoms with Crippen molar-refractivity contribution in [3.63, 3.8) is 0 Å². The lowest BCUT2D eigenvalue weighted by atomic mass is 10.3. The molecule has 1 rings (SSSR count). The molecule has 0 spiro atoms. The van der Waals surface area contributed by atoms with E-state index in [-0.39, 0.29) is 17.0 Å². The quantitative estimate of drug-likeness (QED) is 0.564. The van der Waals surface area contributed by atoms with Gasteiger partial charge in [-0.3, -0.25) is 0 Å². The summed E-state index contributed by atoms with van der Waals surface area (Å²) < 4.78 is 27.0. The molecule has 0 bridgehead atoms. The Bertz CT molecular complexity index is 359. The van der Waals surface area contributed by atoms with Gasteiger partial charge in [-0.1, -0.05) is 12.7 Å². The van der Waals surface area contributed by atoms with Crippen molar-refractivity contribution in [2.75, 3.05) is 12.4 Å². The van der Waals surface area contributed by atoms with E-state index in [1.807, 2.05) is 0 Å². The summed E-state index contributed by atoms with van der Waals surface area (Å²) in [5.41, 5.74) is 0. The first-order valence-electron chi connectivity index (χ1n) is 3.98. The van der Waals surface area contributed by atoms with E-state index < -0.39 is 9.84 Å². The van der Waals surface area contributed by atoms with Crippen molar-refractivity contribution in [1.82, 2.24) is 5.32 Å². The van der Waals surface area contributed by atoms with Crippen molar-refractivity contribution in [2.45, 2.75) is 6.04 Å². The summed E-state index contributed by atoms with van der Waals surface area (Å²) in [7, 11) is -3.04. The summed E-state index contributed by atoms with van der Waals surface area (Å²) >= 11 is 4.82. The van der Waals surface area contributed by atoms with E-state index in [2.05, 4.69) is 11.9 Å². The fourth-order valence-electron chi connectivity index (χ4n) is 0.993. The maximum Gasteiger partial charge on any atom is 0.257 e. The average Bonchev–Trinajstić information content (AvgIpc) is 2.42. The Kier molecular flexibility index (Phi) is 3.65. The van der Waals surface area contributed by atoms with Crippen LogP contribution in [0.15, 0.2) is 24.1 Å². The first-order chi connectivity index (χ1) is 6.53. The van der Waals surface area contributed by atoms with Gasteiger partial charge in [0.1, 0.15) is 6.61 Å². The predicted octanol–water partition coefficient (Wildman–Crippen LogP) is 0.374. The zero-order chi connectivity index (χ0) is 10.6. The molecule has 6 heteroatoms. The molecule has 0 aliphatic carbocycles. The zero-order valence-electron chi connectivity index (χ0n) is 7.47. The molecule has 78 valence electrons. The van der Waals surface area contributed by atoms with Crippen LogP contribution in [0.25, 0.3) is 0 Å². The zero-order valence-corrected chi connectivity index (χ0v) is 9.10. The van der Waals surface area contributed by atoms with Crippen molar-refractivity contribution in [3.8, 4) is 0 Å². The van der Waals surface area contributed by atoms with E-state index in [1.54, 1.807) is 12.2 Å². The Hall–Kier alpha value is -0.880. The number of nitrogens with one attached hydrogen (secondary N) is 1. The van der Waals surface area contributed by atoms with Gasteiger partial charge in [0, 0.05) is 5.41 Å². The molecule has 14 heavy (non-hydrogen) atoms. The second-order valence-corrected chi connectivity index (χ2v) is 5.10. The predicted molar refractivity (Wildman–Crippen MR) is 58.6 cm³/mol. The molecule has 1 heterocycles. The van der Waals surface area contributed by atoms with Gasteiger partial charge in [-0.2, -0.15) is 0 Å². The fraction of sp³-hybridized carbons (Fsp3) is 0.375. The second kappa shape index (κ2) is 4.56. The second-order valence-electron chi connectivity index (χ2n) is 2.80. The number of hydrogen-bond acceptors (Lipinski definition) is 4. The minimum Gasteiger partial charge on any atom is -0.467 e. The standard InChI is InChI=1S/C8H11NO3S2/c1-2-4-12-8(13)9-7-3-5-14(10,11)6-7/h2-3,5,7H,1,4,6H2,(H,9,13). The molecular weight excluding hydrogens is 222 g/mol. The topological polar surface area (TPSA) is 55.4 Å². The van der Waals surface area contributed by atoms with Crippen molar-refractivity contribution < 1.29 is 13.2 Å². The lowest BCUT2D eigenvalue weighted by Crippen LogP contribution is -2.35. The van der Waals surface area contributed by atoms with Crippen molar-refractivity contribution >= 4 is 27.2 Å². The molecule has 0 aromatic rings. The first kappa shape index (κ1) is 11.2. The Morgan fingerprint density at radius 3 is 3.00 bits per heavy atom. The van der Waals surface area contributed by atoms with Crippen LogP contribution < -0.4 is 5.32 Å². The smallest absolute Gasteiger partial charge is 0.257 e. The largest absolute Gasteiger partial charge is 0.467 e. The molecule has 1 atom stereocenters. The lowest BCUT2D eigenvalue weighted by Gasteiger charge is -2.11. The third-order valence-corrected chi connectivity index (χ3v) is 3.20. The van der Waals surface area contributed by atoms with Gasteiger partial charge >= 0.3 is 0 Å². The third-order valence-electron chi connectivity index (χ3n) is 1.57.